The van der Waals surface area contributed by atoms with Crippen molar-refractivity contribution in [2.24, 2.45) is 4.99 Å². The summed E-state index contributed by atoms with van der Waals surface area (Å²) in [6.45, 7) is 3.71. The maximum absolute atomic E-state index is 11.1. The van der Waals surface area contributed by atoms with Crippen molar-refractivity contribution in [1.29, 1.82) is 0 Å². The lowest BCUT2D eigenvalue weighted by molar-refractivity contribution is -0.129. The van der Waals surface area contributed by atoms with Gasteiger partial charge in [0.25, 0.3) is 0 Å². The molecule has 0 atom stereocenters. The first-order valence-electron chi connectivity index (χ1n) is 4.86. The molecule has 0 amide bonds. The Morgan fingerprint density at radius 3 is 2.19 bits per heavy atom. The molecule has 86 valence electrons. The number of rotatable bonds is 3. The highest BCUT2D eigenvalue weighted by Crippen LogP contribution is 2.26. The zero-order chi connectivity index (χ0) is 12.3. The molecule has 0 radical (unpaired) electrons. The largest absolute Gasteiger partial charge is 0.477 e. The molecule has 0 fully saturated rings. The normalized spacial score (nSPS) is 12.6. The van der Waals surface area contributed by atoms with Crippen LogP contribution in [0, 0.1) is 0 Å². The minimum Gasteiger partial charge on any atom is -0.477 e. The molecule has 0 heterocycles. The molecule has 0 unspecified atom stereocenters. The highest BCUT2D eigenvalue weighted by atomic mass is 79.9. The van der Waals surface area contributed by atoms with Crippen molar-refractivity contribution in [1.82, 2.24) is 0 Å². The van der Waals surface area contributed by atoms with Crippen LogP contribution in [-0.2, 0) is 10.2 Å². The van der Waals surface area contributed by atoms with E-state index in [0.717, 1.165) is 10.0 Å². The molecule has 0 bridgehead atoms. The highest BCUT2D eigenvalue weighted by Gasteiger charge is 2.31. The van der Waals surface area contributed by atoms with E-state index in [1.54, 1.807) is 0 Å². The Bertz CT molecular complexity index is 421. The number of hydrogen-bond acceptors (Lipinski definition) is 2. The van der Waals surface area contributed by atoms with Gasteiger partial charge in [-0.3, -0.25) is 4.99 Å². The van der Waals surface area contributed by atoms with E-state index >= 15 is 0 Å². The molecule has 4 heteroatoms. The number of aliphatic imine (C=N–C) groups is 1. The van der Waals surface area contributed by atoms with Gasteiger partial charge in [-0.05, 0) is 31.5 Å². The van der Waals surface area contributed by atoms with Gasteiger partial charge in [0.15, 0.2) is 0 Å². The van der Waals surface area contributed by atoms with Crippen molar-refractivity contribution in [2.75, 3.05) is 7.05 Å². The molecule has 0 saturated heterocycles. The minimum atomic E-state index is -0.976. The third kappa shape index (κ3) is 2.50. The smallest absolute Gasteiger partial charge is 0.350 e. The Hall–Kier alpha value is -1.16. The quantitative estimate of drug-likeness (QED) is 0.868. The third-order valence-electron chi connectivity index (χ3n) is 2.58. The topological polar surface area (TPSA) is 49.7 Å². The van der Waals surface area contributed by atoms with Crippen LogP contribution in [0.5, 0.6) is 0 Å². The summed E-state index contributed by atoms with van der Waals surface area (Å²) in [5.41, 5.74) is 0.495. The van der Waals surface area contributed by atoms with Crippen LogP contribution in [0.25, 0.3) is 0 Å². The van der Waals surface area contributed by atoms with Crippen LogP contribution in [0.3, 0.4) is 0 Å². The number of nitrogens with zero attached hydrogens (tertiary/aromatic N) is 1. The molecule has 3 nitrogen and oxygen atoms in total. The standard InChI is InChI=1S/C12H14BrNO2/c1-12(2,10(14-3)11(15)16)8-4-6-9(13)7-5-8/h4-7H,1-3H3,(H,15,16). The highest BCUT2D eigenvalue weighted by molar-refractivity contribution is 9.10. The van der Waals surface area contributed by atoms with E-state index in [4.69, 9.17) is 5.11 Å². The van der Waals surface area contributed by atoms with Gasteiger partial charge in [-0.2, -0.15) is 0 Å². The summed E-state index contributed by atoms with van der Waals surface area (Å²) in [6, 6.07) is 7.59. The molecule has 0 aliphatic heterocycles. The number of benzene rings is 1. The SMILES string of the molecule is CN=C(C(=O)O)C(C)(C)c1ccc(Br)cc1. The van der Waals surface area contributed by atoms with Crippen LogP contribution < -0.4 is 0 Å². The fourth-order valence-electron chi connectivity index (χ4n) is 1.65. The van der Waals surface area contributed by atoms with Crippen LogP contribution in [-0.4, -0.2) is 23.8 Å². The number of carbonyl (C=O) groups is 1. The number of hydrogen-bond donors (Lipinski definition) is 1. The van der Waals surface area contributed by atoms with Crippen molar-refractivity contribution in [3.05, 3.63) is 34.3 Å². The van der Waals surface area contributed by atoms with Gasteiger partial charge < -0.3 is 5.11 Å². The second-order valence-corrected chi connectivity index (χ2v) is 4.92. The number of aliphatic carboxylic acids is 1. The molecule has 0 spiro atoms. The van der Waals surface area contributed by atoms with Gasteiger partial charge >= 0.3 is 5.97 Å². The van der Waals surface area contributed by atoms with E-state index in [1.807, 2.05) is 38.1 Å². The van der Waals surface area contributed by atoms with Gasteiger partial charge in [0.1, 0.15) is 5.71 Å². The average Bonchev–Trinajstić information content (AvgIpc) is 2.18. The molecule has 0 aliphatic carbocycles. The van der Waals surface area contributed by atoms with Gasteiger partial charge in [0, 0.05) is 16.9 Å². The first-order chi connectivity index (χ1) is 7.39. The lowest BCUT2D eigenvalue weighted by Crippen LogP contribution is -2.35. The summed E-state index contributed by atoms with van der Waals surface area (Å²) in [4.78, 5) is 14.9. The Balaban J connectivity index is 3.19. The molecule has 0 aliphatic rings. The van der Waals surface area contributed by atoms with E-state index in [2.05, 4.69) is 20.9 Å². The Morgan fingerprint density at radius 2 is 1.81 bits per heavy atom. The van der Waals surface area contributed by atoms with Crippen molar-refractivity contribution >= 4 is 27.6 Å². The lowest BCUT2D eigenvalue weighted by Gasteiger charge is -2.24. The first-order valence-corrected chi connectivity index (χ1v) is 5.65. The molecule has 0 saturated carbocycles. The van der Waals surface area contributed by atoms with E-state index in [9.17, 15) is 4.79 Å². The van der Waals surface area contributed by atoms with Gasteiger partial charge in [-0.25, -0.2) is 4.79 Å². The minimum absolute atomic E-state index is 0.162. The van der Waals surface area contributed by atoms with E-state index in [0.29, 0.717) is 0 Å². The van der Waals surface area contributed by atoms with Gasteiger partial charge in [0.2, 0.25) is 0 Å². The van der Waals surface area contributed by atoms with Crippen molar-refractivity contribution in [2.45, 2.75) is 19.3 Å². The van der Waals surface area contributed by atoms with Crippen LogP contribution in [0.1, 0.15) is 19.4 Å². The van der Waals surface area contributed by atoms with Gasteiger partial charge in [0.05, 0.1) is 0 Å². The molecule has 1 aromatic rings. The van der Waals surface area contributed by atoms with E-state index < -0.39 is 11.4 Å². The maximum atomic E-state index is 11.1. The molecule has 16 heavy (non-hydrogen) atoms. The van der Waals surface area contributed by atoms with Crippen molar-refractivity contribution in [3.63, 3.8) is 0 Å². The van der Waals surface area contributed by atoms with Crippen molar-refractivity contribution in [3.8, 4) is 0 Å². The predicted molar refractivity (Wildman–Crippen MR) is 68.2 cm³/mol. The van der Waals surface area contributed by atoms with Crippen LogP contribution in [0.4, 0.5) is 0 Å². The van der Waals surface area contributed by atoms with E-state index in [-0.39, 0.29) is 5.71 Å². The molecule has 0 aromatic heterocycles. The molecule has 1 N–H and O–H groups in total. The van der Waals surface area contributed by atoms with Crippen molar-refractivity contribution < 1.29 is 9.90 Å². The summed E-state index contributed by atoms with van der Waals surface area (Å²) in [7, 11) is 1.50. The fourth-order valence-corrected chi connectivity index (χ4v) is 1.91. The molecule has 1 rings (SSSR count). The fraction of sp³-hybridized carbons (Fsp3) is 0.333. The van der Waals surface area contributed by atoms with Gasteiger partial charge in [-0.1, -0.05) is 28.1 Å². The number of carboxylic acids is 1. The predicted octanol–water partition coefficient (Wildman–Crippen LogP) is 2.88. The second kappa shape index (κ2) is 4.78. The third-order valence-corrected chi connectivity index (χ3v) is 3.11. The first kappa shape index (κ1) is 12.9. The van der Waals surface area contributed by atoms with Crippen LogP contribution in [0.15, 0.2) is 33.7 Å². The summed E-state index contributed by atoms with van der Waals surface area (Å²) in [6.07, 6.45) is 0. The lowest BCUT2D eigenvalue weighted by atomic mass is 9.80. The summed E-state index contributed by atoms with van der Waals surface area (Å²) in [5.74, 6) is -0.976. The Kier molecular flexibility index (Phi) is 3.86. The monoisotopic (exact) mass is 283 g/mol. The summed E-state index contributed by atoms with van der Waals surface area (Å²) >= 11 is 3.35. The molecular formula is C12H14BrNO2. The Morgan fingerprint density at radius 1 is 1.31 bits per heavy atom. The zero-order valence-electron chi connectivity index (χ0n) is 9.49. The Labute approximate surface area is 103 Å². The summed E-state index contributed by atoms with van der Waals surface area (Å²) in [5, 5.41) is 9.08. The zero-order valence-corrected chi connectivity index (χ0v) is 11.1. The molecule has 1 aromatic carbocycles. The molecular weight excluding hydrogens is 270 g/mol. The average molecular weight is 284 g/mol. The van der Waals surface area contributed by atoms with E-state index in [1.165, 1.54) is 7.05 Å². The van der Waals surface area contributed by atoms with Crippen LogP contribution >= 0.6 is 15.9 Å². The number of carboxylic acid groups (broad SMARTS) is 1. The van der Waals surface area contributed by atoms with Crippen LogP contribution in [0.2, 0.25) is 0 Å². The second-order valence-electron chi connectivity index (χ2n) is 4.01. The maximum Gasteiger partial charge on any atom is 0.350 e. The van der Waals surface area contributed by atoms with Gasteiger partial charge in [-0.15, -0.1) is 0 Å². The summed E-state index contributed by atoms with van der Waals surface area (Å²) < 4.78 is 0.970. The number of halogens is 1.